The molecular formula is C15H11N4O+. The Kier molecular flexibility index (Phi) is 1.65. The van der Waals surface area contributed by atoms with Crippen LogP contribution in [0.2, 0.25) is 0 Å². The summed E-state index contributed by atoms with van der Waals surface area (Å²) in [7, 11) is 2.08. The zero-order valence-corrected chi connectivity index (χ0v) is 10.9. The molecule has 20 heavy (non-hydrogen) atoms. The van der Waals surface area contributed by atoms with E-state index in [0.717, 1.165) is 23.2 Å². The quantitative estimate of drug-likeness (QED) is 0.402. The minimum Gasteiger partial charge on any atom is -0.400 e. The summed E-state index contributed by atoms with van der Waals surface area (Å²) in [6.07, 6.45) is 5.52. The van der Waals surface area contributed by atoms with Crippen LogP contribution in [0.1, 0.15) is 5.56 Å². The predicted octanol–water partition coefficient (Wildman–Crippen LogP) is 2.03. The number of imidazole rings is 1. The lowest BCUT2D eigenvalue weighted by atomic mass is 10.2. The Morgan fingerprint density at radius 3 is 3.20 bits per heavy atom. The van der Waals surface area contributed by atoms with Gasteiger partial charge in [-0.3, -0.25) is 4.98 Å². The first-order valence-electron chi connectivity index (χ1n) is 6.53. The Labute approximate surface area is 114 Å². The molecule has 5 nitrogen and oxygen atoms in total. The molecule has 0 amide bonds. The second-order valence-electron chi connectivity index (χ2n) is 5.11. The van der Waals surface area contributed by atoms with E-state index in [1.165, 1.54) is 17.0 Å². The van der Waals surface area contributed by atoms with Gasteiger partial charge < -0.3 is 4.42 Å². The summed E-state index contributed by atoms with van der Waals surface area (Å²) in [4.78, 5) is 8.51. The highest BCUT2D eigenvalue weighted by Crippen LogP contribution is 2.34. The van der Waals surface area contributed by atoms with E-state index < -0.39 is 0 Å². The number of furan rings is 1. The van der Waals surface area contributed by atoms with Gasteiger partial charge in [-0.05, 0) is 18.2 Å². The van der Waals surface area contributed by atoms with Crippen molar-refractivity contribution in [1.82, 2.24) is 14.5 Å². The van der Waals surface area contributed by atoms with Gasteiger partial charge in [-0.2, -0.15) is 4.57 Å². The van der Waals surface area contributed by atoms with Crippen LogP contribution in [0.4, 0.5) is 0 Å². The number of pyridine rings is 2. The highest BCUT2D eigenvalue weighted by atomic mass is 16.4. The normalized spacial score (nSPS) is 13.1. The van der Waals surface area contributed by atoms with Crippen molar-refractivity contribution in [3.05, 3.63) is 42.4 Å². The Hall–Kier alpha value is -2.69. The molecule has 5 heterocycles. The maximum atomic E-state index is 5.96. The smallest absolute Gasteiger partial charge is 0.341 e. The number of aryl methyl sites for hydroxylation is 1. The molecule has 0 aliphatic carbocycles. The molecular weight excluding hydrogens is 252 g/mol. The average Bonchev–Trinajstić information content (AvgIpc) is 3.10. The van der Waals surface area contributed by atoms with E-state index in [-0.39, 0.29) is 0 Å². The Bertz CT molecular complexity index is 996. The molecule has 0 N–H and O–H groups in total. The molecule has 4 aromatic heterocycles. The molecule has 0 fully saturated rings. The third-order valence-corrected chi connectivity index (χ3v) is 4.05. The second-order valence-corrected chi connectivity index (χ2v) is 5.11. The van der Waals surface area contributed by atoms with Crippen molar-refractivity contribution in [2.45, 2.75) is 6.54 Å². The fourth-order valence-electron chi connectivity index (χ4n) is 3.21. The number of aromatic nitrogens is 4. The summed E-state index contributed by atoms with van der Waals surface area (Å²) in [5.41, 5.74) is 5.13. The number of nitrogens with zero attached hydrogens (tertiary/aromatic N) is 4. The molecule has 0 saturated heterocycles. The highest BCUT2D eigenvalue weighted by Gasteiger charge is 2.36. The molecule has 0 unspecified atom stereocenters. The van der Waals surface area contributed by atoms with Gasteiger partial charge >= 0.3 is 5.71 Å². The van der Waals surface area contributed by atoms with Gasteiger partial charge in [0, 0.05) is 24.2 Å². The average molecular weight is 263 g/mol. The molecule has 1 aliphatic rings. The van der Waals surface area contributed by atoms with Crippen LogP contribution in [0.15, 0.2) is 41.2 Å². The number of rotatable bonds is 0. The molecule has 96 valence electrons. The van der Waals surface area contributed by atoms with Gasteiger partial charge in [-0.25, -0.2) is 9.55 Å². The third kappa shape index (κ3) is 1.02. The van der Waals surface area contributed by atoms with Gasteiger partial charge in [0.05, 0.1) is 18.0 Å². The van der Waals surface area contributed by atoms with E-state index in [2.05, 4.69) is 38.3 Å². The van der Waals surface area contributed by atoms with E-state index in [1.807, 2.05) is 18.5 Å². The Morgan fingerprint density at radius 2 is 2.25 bits per heavy atom. The first-order valence-corrected chi connectivity index (χ1v) is 6.53. The van der Waals surface area contributed by atoms with Crippen molar-refractivity contribution in [1.29, 1.82) is 0 Å². The lowest BCUT2D eigenvalue weighted by Crippen LogP contribution is -2.31. The molecule has 0 bridgehead atoms. The topological polar surface area (TPSA) is 47.7 Å². The van der Waals surface area contributed by atoms with Crippen LogP contribution in [0.25, 0.3) is 33.7 Å². The van der Waals surface area contributed by atoms with Crippen LogP contribution < -0.4 is 4.57 Å². The van der Waals surface area contributed by atoms with Gasteiger partial charge in [0.15, 0.2) is 0 Å². The standard InChI is InChI=1S/C15H11N4O/c1-18-12-11-3-2-5-17-13(11)20-15(12)19-8-9-7-16-6-4-10(9)14(18)19/h2-7H,8H2,1H3/q+1. The van der Waals surface area contributed by atoms with Gasteiger partial charge in [0.25, 0.3) is 5.82 Å². The first-order chi connectivity index (χ1) is 9.84. The van der Waals surface area contributed by atoms with Crippen LogP contribution in [-0.4, -0.2) is 14.5 Å². The lowest BCUT2D eigenvalue weighted by Gasteiger charge is -1.94. The van der Waals surface area contributed by atoms with Crippen LogP contribution in [0.5, 0.6) is 0 Å². The van der Waals surface area contributed by atoms with Crippen molar-refractivity contribution in [2.24, 2.45) is 7.05 Å². The van der Waals surface area contributed by atoms with E-state index in [0.29, 0.717) is 5.71 Å². The molecule has 0 atom stereocenters. The van der Waals surface area contributed by atoms with E-state index in [9.17, 15) is 0 Å². The number of fused-ring (bicyclic) bond motifs is 7. The van der Waals surface area contributed by atoms with Gasteiger partial charge in [0.1, 0.15) is 6.54 Å². The zero-order valence-electron chi connectivity index (χ0n) is 10.9. The third-order valence-electron chi connectivity index (χ3n) is 4.05. The van der Waals surface area contributed by atoms with E-state index >= 15 is 0 Å². The van der Waals surface area contributed by atoms with Crippen molar-refractivity contribution in [3.8, 4) is 11.4 Å². The highest BCUT2D eigenvalue weighted by molar-refractivity contribution is 5.99. The fraction of sp³-hybridized carbons (Fsp3) is 0.133. The predicted molar refractivity (Wildman–Crippen MR) is 73.0 cm³/mol. The molecule has 1 aliphatic heterocycles. The molecule has 0 spiro atoms. The van der Waals surface area contributed by atoms with Crippen molar-refractivity contribution in [3.63, 3.8) is 0 Å². The Morgan fingerprint density at radius 1 is 1.30 bits per heavy atom. The van der Waals surface area contributed by atoms with Crippen molar-refractivity contribution in [2.75, 3.05) is 0 Å². The van der Waals surface area contributed by atoms with Crippen LogP contribution in [0.3, 0.4) is 0 Å². The first kappa shape index (κ1) is 10.1. The summed E-state index contributed by atoms with van der Waals surface area (Å²) < 4.78 is 10.3. The summed E-state index contributed by atoms with van der Waals surface area (Å²) in [6.45, 7) is 0.801. The second kappa shape index (κ2) is 3.25. The summed E-state index contributed by atoms with van der Waals surface area (Å²) in [5, 5.41) is 1.06. The summed E-state index contributed by atoms with van der Waals surface area (Å²) in [5.74, 6) is 1.17. The minimum absolute atomic E-state index is 0.692. The van der Waals surface area contributed by atoms with Crippen LogP contribution >= 0.6 is 0 Å². The van der Waals surface area contributed by atoms with E-state index in [4.69, 9.17) is 4.42 Å². The molecule has 0 saturated carbocycles. The molecule has 4 aromatic rings. The SMILES string of the molecule is Cn1c2[n+](c3oc4ncccc4c31)Cc1cnccc1-2. The van der Waals surface area contributed by atoms with Gasteiger partial charge in [0.2, 0.25) is 11.2 Å². The Balaban J connectivity index is 1.98. The molecule has 5 rings (SSSR count). The van der Waals surface area contributed by atoms with E-state index in [1.54, 1.807) is 6.20 Å². The zero-order chi connectivity index (χ0) is 13.3. The minimum atomic E-state index is 0.692. The number of hydrogen-bond acceptors (Lipinski definition) is 3. The number of hydrogen-bond donors (Lipinski definition) is 0. The van der Waals surface area contributed by atoms with Gasteiger partial charge in [-0.15, -0.1) is 0 Å². The van der Waals surface area contributed by atoms with Crippen LogP contribution in [-0.2, 0) is 13.6 Å². The van der Waals surface area contributed by atoms with Crippen molar-refractivity contribution >= 4 is 22.3 Å². The van der Waals surface area contributed by atoms with Crippen LogP contribution in [0, 0.1) is 0 Å². The fourth-order valence-corrected chi connectivity index (χ4v) is 3.21. The van der Waals surface area contributed by atoms with Gasteiger partial charge in [-0.1, -0.05) is 0 Å². The lowest BCUT2D eigenvalue weighted by molar-refractivity contribution is -0.652. The largest absolute Gasteiger partial charge is 0.400 e. The molecule has 5 heteroatoms. The summed E-state index contributed by atoms with van der Waals surface area (Å²) >= 11 is 0. The molecule has 0 aromatic carbocycles. The monoisotopic (exact) mass is 263 g/mol. The maximum absolute atomic E-state index is 5.96. The summed E-state index contributed by atoms with van der Waals surface area (Å²) in [6, 6.07) is 6.06. The van der Waals surface area contributed by atoms with Crippen molar-refractivity contribution < 1.29 is 8.98 Å². The maximum Gasteiger partial charge on any atom is 0.341 e. The molecule has 0 radical (unpaired) electrons.